The van der Waals surface area contributed by atoms with Gasteiger partial charge >= 0.3 is 0 Å². The van der Waals surface area contributed by atoms with Gasteiger partial charge in [-0.2, -0.15) is 5.10 Å². The molecule has 0 radical (unpaired) electrons. The summed E-state index contributed by atoms with van der Waals surface area (Å²) in [5, 5.41) is 4.50. The van der Waals surface area contributed by atoms with E-state index in [-0.39, 0.29) is 0 Å². The highest BCUT2D eigenvalue weighted by Gasteiger charge is 2.12. The molecule has 0 aromatic carbocycles. The van der Waals surface area contributed by atoms with Gasteiger partial charge in [-0.25, -0.2) is 0 Å². The van der Waals surface area contributed by atoms with Gasteiger partial charge in [-0.1, -0.05) is 37.6 Å². The number of hydrogen-bond donors (Lipinski definition) is 0. The zero-order chi connectivity index (χ0) is 15.2. The van der Waals surface area contributed by atoms with Crippen molar-refractivity contribution in [1.82, 2.24) is 9.78 Å². The van der Waals surface area contributed by atoms with E-state index in [4.69, 9.17) is 0 Å². The van der Waals surface area contributed by atoms with Gasteiger partial charge in [0.05, 0.1) is 6.20 Å². The molecule has 1 aromatic heterocycles. The monoisotopic (exact) mass is 284 g/mol. The smallest absolute Gasteiger partial charge is 0.0568 e. The van der Waals surface area contributed by atoms with E-state index in [0.29, 0.717) is 5.92 Å². The largest absolute Gasteiger partial charge is 0.272 e. The first-order valence-corrected chi connectivity index (χ1v) is 8.10. The summed E-state index contributed by atoms with van der Waals surface area (Å²) < 4.78 is 2.08. The van der Waals surface area contributed by atoms with Crippen LogP contribution in [0.5, 0.6) is 0 Å². The van der Waals surface area contributed by atoms with Crippen LogP contribution in [0.2, 0.25) is 0 Å². The Labute approximate surface area is 129 Å². The maximum atomic E-state index is 4.50. The summed E-state index contributed by atoms with van der Waals surface area (Å²) in [7, 11) is 0. The van der Waals surface area contributed by atoms with Gasteiger partial charge < -0.3 is 0 Å². The Morgan fingerprint density at radius 3 is 3.00 bits per heavy atom. The van der Waals surface area contributed by atoms with E-state index >= 15 is 0 Å². The highest BCUT2D eigenvalue weighted by Crippen LogP contribution is 2.27. The Hall–Kier alpha value is -1.57. The van der Waals surface area contributed by atoms with Crippen LogP contribution in [0.4, 0.5) is 0 Å². The quantitative estimate of drug-likeness (QED) is 0.626. The summed E-state index contributed by atoms with van der Waals surface area (Å²) in [6, 6.07) is 0. The van der Waals surface area contributed by atoms with E-state index in [1.165, 1.54) is 29.6 Å². The number of aryl methyl sites for hydroxylation is 1. The molecule has 21 heavy (non-hydrogen) atoms. The van der Waals surface area contributed by atoms with Gasteiger partial charge in [0, 0.05) is 18.3 Å². The summed E-state index contributed by atoms with van der Waals surface area (Å²) in [6.07, 6.45) is 15.7. The fourth-order valence-electron chi connectivity index (χ4n) is 2.83. The van der Waals surface area contributed by atoms with Crippen LogP contribution < -0.4 is 0 Å². The third-order valence-electron chi connectivity index (χ3n) is 3.90. The average Bonchev–Trinajstić information content (AvgIpc) is 2.86. The third kappa shape index (κ3) is 5.04. The predicted molar refractivity (Wildman–Crippen MR) is 91.0 cm³/mol. The zero-order valence-corrected chi connectivity index (χ0v) is 13.7. The predicted octanol–water partition coefficient (Wildman–Crippen LogP) is 5.25. The Kier molecular flexibility index (Phi) is 5.60. The lowest BCUT2D eigenvalue weighted by Crippen LogP contribution is -2.01. The lowest BCUT2D eigenvalue weighted by atomic mass is 9.89. The molecule has 1 aliphatic rings. The van der Waals surface area contributed by atoms with Crippen LogP contribution >= 0.6 is 0 Å². The molecule has 0 saturated carbocycles. The van der Waals surface area contributed by atoms with Crippen molar-refractivity contribution in [2.45, 2.75) is 53.0 Å². The molecule has 1 aliphatic carbocycles. The van der Waals surface area contributed by atoms with Crippen molar-refractivity contribution in [2.75, 3.05) is 0 Å². The topological polar surface area (TPSA) is 17.8 Å². The van der Waals surface area contributed by atoms with E-state index < -0.39 is 0 Å². The third-order valence-corrected chi connectivity index (χ3v) is 3.90. The summed E-state index contributed by atoms with van der Waals surface area (Å²) in [5.74, 6) is 1.36. The van der Waals surface area contributed by atoms with Crippen molar-refractivity contribution >= 4 is 5.57 Å². The molecule has 2 nitrogen and oxygen atoms in total. The molecular weight excluding hydrogens is 256 g/mol. The van der Waals surface area contributed by atoms with Crippen molar-refractivity contribution in [1.29, 1.82) is 0 Å². The lowest BCUT2D eigenvalue weighted by molar-refractivity contribution is 0.490. The van der Waals surface area contributed by atoms with Gasteiger partial charge in [-0.05, 0) is 50.0 Å². The normalized spacial score (nSPS) is 18.1. The van der Waals surface area contributed by atoms with E-state index in [1.807, 2.05) is 6.20 Å². The van der Waals surface area contributed by atoms with Gasteiger partial charge in [0.15, 0.2) is 0 Å². The van der Waals surface area contributed by atoms with Gasteiger partial charge in [-0.3, -0.25) is 4.68 Å². The second kappa shape index (κ2) is 7.44. The minimum Gasteiger partial charge on any atom is -0.272 e. The molecule has 1 heterocycles. The second-order valence-electron chi connectivity index (χ2n) is 6.71. The Morgan fingerprint density at radius 1 is 1.48 bits per heavy atom. The highest BCUT2D eigenvalue weighted by molar-refractivity contribution is 5.74. The summed E-state index contributed by atoms with van der Waals surface area (Å²) in [5.41, 5.74) is 3.81. The van der Waals surface area contributed by atoms with Crippen molar-refractivity contribution in [2.24, 2.45) is 11.8 Å². The zero-order valence-electron chi connectivity index (χ0n) is 13.7. The van der Waals surface area contributed by atoms with Crippen molar-refractivity contribution in [3.8, 4) is 0 Å². The van der Waals surface area contributed by atoms with Gasteiger partial charge in [0.2, 0.25) is 0 Å². The number of aromatic nitrogens is 2. The average molecular weight is 284 g/mol. The fraction of sp³-hybridized carbons (Fsp3) is 0.526. The van der Waals surface area contributed by atoms with Gasteiger partial charge in [0.25, 0.3) is 0 Å². The van der Waals surface area contributed by atoms with Crippen LogP contribution in [0.1, 0.15) is 52.0 Å². The molecule has 0 saturated heterocycles. The van der Waals surface area contributed by atoms with Gasteiger partial charge in [0.1, 0.15) is 0 Å². The second-order valence-corrected chi connectivity index (χ2v) is 6.71. The van der Waals surface area contributed by atoms with Crippen LogP contribution in [0.3, 0.4) is 0 Å². The molecule has 1 aromatic rings. The summed E-state index contributed by atoms with van der Waals surface area (Å²) in [4.78, 5) is 0. The van der Waals surface area contributed by atoms with Crippen LogP contribution in [-0.4, -0.2) is 9.78 Å². The SMILES string of the molecule is C=C(C)CC1C=C(c2cnn(CCCC(C)C)c2)C=CC1. The first kappa shape index (κ1) is 15.8. The Morgan fingerprint density at radius 2 is 2.29 bits per heavy atom. The number of rotatable bonds is 7. The lowest BCUT2D eigenvalue weighted by Gasteiger charge is -2.16. The molecule has 1 atom stereocenters. The van der Waals surface area contributed by atoms with Crippen LogP contribution in [-0.2, 0) is 6.54 Å². The molecule has 0 amide bonds. The van der Waals surface area contributed by atoms with Gasteiger partial charge in [-0.15, -0.1) is 6.58 Å². The number of allylic oxidation sites excluding steroid dienone is 5. The summed E-state index contributed by atoms with van der Waals surface area (Å²) >= 11 is 0. The van der Waals surface area contributed by atoms with Crippen molar-refractivity contribution in [3.05, 3.63) is 48.3 Å². The molecule has 0 aliphatic heterocycles. The van der Waals surface area contributed by atoms with Crippen molar-refractivity contribution in [3.63, 3.8) is 0 Å². The molecule has 0 fully saturated rings. The number of nitrogens with zero attached hydrogens (tertiary/aromatic N) is 2. The molecule has 1 unspecified atom stereocenters. The Balaban J connectivity index is 1.98. The molecule has 0 spiro atoms. The van der Waals surface area contributed by atoms with Crippen LogP contribution in [0, 0.1) is 11.8 Å². The molecule has 2 rings (SSSR count). The maximum absolute atomic E-state index is 4.50. The van der Waals surface area contributed by atoms with Crippen LogP contribution in [0.25, 0.3) is 5.57 Å². The molecule has 0 bridgehead atoms. The standard InChI is InChI=1S/C19H28N2/c1-15(2)7-6-10-21-14-19(13-20-21)18-9-5-8-17(12-18)11-16(3)4/h5,9,12-15,17H,3,6-8,10-11H2,1-2,4H3. The van der Waals surface area contributed by atoms with E-state index in [0.717, 1.165) is 25.3 Å². The van der Waals surface area contributed by atoms with E-state index in [9.17, 15) is 0 Å². The minimum atomic E-state index is 0.590. The summed E-state index contributed by atoms with van der Waals surface area (Å²) in [6.45, 7) is 11.7. The highest BCUT2D eigenvalue weighted by atomic mass is 15.3. The molecule has 0 N–H and O–H groups in total. The maximum Gasteiger partial charge on any atom is 0.0568 e. The van der Waals surface area contributed by atoms with E-state index in [1.54, 1.807) is 0 Å². The van der Waals surface area contributed by atoms with Crippen LogP contribution in [0.15, 0.2) is 42.8 Å². The molecule has 114 valence electrons. The Bertz CT molecular complexity index is 532. The minimum absolute atomic E-state index is 0.590. The first-order chi connectivity index (χ1) is 10.0. The first-order valence-electron chi connectivity index (χ1n) is 8.10. The molecule has 2 heteroatoms. The number of hydrogen-bond acceptors (Lipinski definition) is 1. The van der Waals surface area contributed by atoms with E-state index in [2.05, 4.69) is 61.6 Å². The molecular formula is C19H28N2. The van der Waals surface area contributed by atoms with Crippen molar-refractivity contribution < 1.29 is 0 Å². The fourth-order valence-corrected chi connectivity index (χ4v) is 2.83.